The number of ether oxygens (including phenoxy) is 2. The standard InChI is InChI=1S/C18H25N3O4/c1-13(19-10-12-24-2)17-20-15-8-5-4-7-14(15)18(23)21(17)11-6-9-16(22)25-3/h4-5,7-8,13,19H,6,9-12H2,1-3H3/p+1/t13-/m0/s1. The minimum absolute atomic E-state index is 0.00517. The Balaban J connectivity index is 2.33. The molecule has 0 amide bonds. The number of hydrogen-bond donors (Lipinski definition) is 1. The Bertz CT molecular complexity index is 772. The fourth-order valence-corrected chi connectivity index (χ4v) is 2.77. The molecule has 0 radical (unpaired) electrons. The number of esters is 1. The molecule has 0 saturated carbocycles. The lowest BCUT2D eigenvalue weighted by Crippen LogP contribution is -2.86. The summed E-state index contributed by atoms with van der Waals surface area (Å²) in [6.45, 7) is 3.86. The molecular formula is C18H26N3O4+. The lowest BCUT2D eigenvalue weighted by Gasteiger charge is -2.17. The molecule has 0 aliphatic rings. The maximum absolute atomic E-state index is 12.9. The Hall–Kier alpha value is -2.25. The molecule has 25 heavy (non-hydrogen) atoms. The van der Waals surface area contributed by atoms with Crippen molar-refractivity contribution in [1.82, 2.24) is 9.55 Å². The van der Waals surface area contributed by atoms with E-state index in [1.165, 1.54) is 7.11 Å². The van der Waals surface area contributed by atoms with Crippen LogP contribution in [0.2, 0.25) is 0 Å². The summed E-state index contributed by atoms with van der Waals surface area (Å²) in [5.74, 6) is 0.438. The molecule has 0 bridgehead atoms. The van der Waals surface area contributed by atoms with Gasteiger partial charge >= 0.3 is 5.97 Å². The van der Waals surface area contributed by atoms with E-state index < -0.39 is 0 Å². The van der Waals surface area contributed by atoms with Crippen molar-refractivity contribution < 1.29 is 19.6 Å². The second-order valence-corrected chi connectivity index (χ2v) is 5.93. The van der Waals surface area contributed by atoms with E-state index in [9.17, 15) is 9.59 Å². The number of para-hydroxylation sites is 1. The third-order valence-electron chi connectivity index (χ3n) is 4.13. The zero-order chi connectivity index (χ0) is 18.2. The average molecular weight is 348 g/mol. The van der Waals surface area contributed by atoms with Gasteiger partial charge in [0.25, 0.3) is 5.56 Å². The van der Waals surface area contributed by atoms with Crippen LogP contribution < -0.4 is 10.9 Å². The minimum atomic E-state index is -0.275. The van der Waals surface area contributed by atoms with Crippen LogP contribution in [0.15, 0.2) is 29.1 Å². The van der Waals surface area contributed by atoms with Crippen LogP contribution in [0.3, 0.4) is 0 Å². The molecule has 0 fully saturated rings. The van der Waals surface area contributed by atoms with E-state index in [1.807, 2.05) is 25.1 Å². The molecular weight excluding hydrogens is 322 g/mol. The Morgan fingerprint density at radius 1 is 1.32 bits per heavy atom. The Labute approximate surface area is 147 Å². The summed E-state index contributed by atoms with van der Waals surface area (Å²) >= 11 is 0. The zero-order valence-electron chi connectivity index (χ0n) is 15.0. The number of carbonyl (C=O) groups excluding carboxylic acids is 1. The molecule has 7 heteroatoms. The molecule has 7 nitrogen and oxygen atoms in total. The fourth-order valence-electron chi connectivity index (χ4n) is 2.77. The van der Waals surface area contributed by atoms with Crippen molar-refractivity contribution in [1.29, 1.82) is 0 Å². The first-order chi connectivity index (χ1) is 12.1. The van der Waals surface area contributed by atoms with Crippen molar-refractivity contribution >= 4 is 16.9 Å². The van der Waals surface area contributed by atoms with Crippen LogP contribution in [-0.4, -0.2) is 42.9 Å². The van der Waals surface area contributed by atoms with Gasteiger partial charge in [-0.25, -0.2) is 4.98 Å². The van der Waals surface area contributed by atoms with Gasteiger partial charge in [-0.05, 0) is 25.5 Å². The van der Waals surface area contributed by atoms with Crippen LogP contribution in [-0.2, 0) is 20.8 Å². The topological polar surface area (TPSA) is 87.0 Å². The van der Waals surface area contributed by atoms with Crippen molar-refractivity contribution in [2.24, 2.45) is 0 Å². The van der Waals surface area contributed by atoms with Gasteiger partial charge in [0.2, 0.25) is 0 Å². The number of benzene rings is 1. The quantitative estimate of drug-likeness (QED) is 0.530. The van der Waals surface area contributed by atoms with Gasteiger partial charge in [-0.3, -0.25) is 14.2 Å². The first-order valence-electron chi connectivity index (χ1n) is 8.47. The molecule has 0 saturated heterocycles. The predicted octanol–water partition coefficient (Wildman–Crippen LogP) is 0.621. The normalized spacial score (nSPS) is 12.3. The van der Waals surface area contributed by atoms with Crippen molar-refractivity contribution in [3.8, 4) is 0 Å². The van der Waals surface area contributed by atoms with Gasteiger partial charge in [-0.1, -0.05) is 12.1 Å². The highest BCUT2D eigenvalue weighted by Gasteiger charge is 2.18. The second-order valence-electron chi connectivity index (χ2n) is 5.93. The molecule has 0 spiro atoms. The van der Waals surface area contributed by atoms with Crippen molar-refractivity contribution in [3.63, 3.8) is 0 Å². The predicted molar refractivity (Wildman–Crippen MR) is 94.3 cm³/mol. The summed E-state index contributed by atoms with van der Waals surface area (Å²) in [6, 6.07) is 7.34. The highest BCUT2D eigenvalue weighted by atomic mass is 16.5. The van der Waals surface area contributed by atoms with Crippen LogP contribution in [0.25, 0.3) is 10.9 Å². The third kappa shape index (κ3) is 4.87. The van der Waals surface area contributed by atoms with E-state index in [0.717, 1.165) is 6.54 Å². The summed E-state index contributed by atoms with van der Waals surface area (Å²) < 4.78 is 11.4. The van der Waals surface area contributed by atoms with E-state index in [0.29, 0.717) is 36.3 Å². The largest absolute Gasteiger partial charge is 0.469 e. The van der Waals surface area contributed by atoms with Crippen molar-refractivity contribution in [2.75, 3.05) is 27.4 Å². The van der Waals surface area contributed by atoms with Crippen LogP contribution in [0.5, 0.6) is 0 Å². The highest BCUT2D eigenvalue weighted by Crippen LogP contribution is 2.12. The molecule has 0 unspecified atom stereocenters. The van der Waals surface area contributed by atoms with Crippen LogP contribution in [0.1, 0.15) is 31.6 Å². The molecule has 2 aromatic rings. The van der Waals surface area contributed by atoms with Gasteiger partial charge in [0, 0.05) is 20.1 Å². The Morgan fingerprint density at radius 3 is 2.80 bits per heavy atom. The number of quaternary nitrogens is 1. The number of carbonyl (C=O) groups is 1. The second kappa shape index (κ2) is 9.29. The van der Waals surface area contributed by atoms with Crippen LogP contribution >= 0.6 is 0 Å². The van der Waals surface area contributed by atoms with Crippen LogP contribution in [0, 0.1) is 0 Å². The summed E-state index contributed by atoms with van der Waals surface area (Å²) in [5.41, 5.74) is 0.621. The first-order valence-corrected chi connectivity index (χ1v) is 8.47. The molecule has 0 aliphatic carbocycles. The molecule has 1 heterocycles. The monoisotopic (exact) mass is 348 g/mol. The van der Waals surface area contributed by atoms with E-state index in [2.05, 4.69) is 10.1 Å². The van der Waals surface area contributed by atoms with Gasteiger partial charge in [0.1, 0.15) is 6.04 Å². The summed E-state index contributed by atoms with van der Waals surface area (Å²) in [6.07, 6.45) is 0.807. The average Bonchev–Trinajstić information content (AvgIpc) is 2.63. The maximum atomic E-state index is 12.9. The zero-order valence-corrected chi connectivity index (χ0v) is 15.0. The van der Waals surface area contributed by atoms with Crippen molar-refractivity contribution in [3.05, 3.63) is 40.4 Å². The van der Waals surface area contributed by atoms with E-state index in [4.69, 9.17) is 9.72 Å². The van der Waals surface area contributed by atoms with Gasteiger partial charge in [0.15, 0.2) is 5.82 Å². The summed E-state index contributed by atoms with van der Waals surface area (Å²) in [5, 5.41) is 2.69. The Kier molecular flexibility index (Phi) is 7.09. The summed E-state index contributed by atoms with van der Waals surface area (Å²) in [4.78, 5) is 29.0. The van der Waals surface area contributed by atoms with E-state index in [-0.39, 0.29) is 24.0 Å². The summed E-state index contributed by atoms with van der Waals surface area (Å²) in [7, 11) is 3.03. The number of nitrogens with two attached hydrogens (primary N) is 1. The molecule has 2 N–H and O–H groups in total. The molecule has 1 aromatic heterocycles. The van der Waals surface area contributed by atoms with Gasteiger partial charge < -0.3 is 14.8 Å². The smallest absolute Gasteiger partial charge is 0.305 e. The molecule has 0 aliphatic heterocycles. The minimum Gasteiger partial charge on any atom is -0.469 e. The number of hydrogen-bond acceptors (Lipinski definition) is 5. The number of nitrogens with zero attached hydrogens (tertiary/aromatic N) is 2. The van der Waals surface area contributed by atoms with Gasteiger partial charge in [0.05, 0.1) is 31.2 Å². The van der Waals surface area contributed by atoms with Crippen molar-refractivity contribution in [2.45, 2.75) is 32.4 Å². The number of aromatic nitrogens is 2. The maximum Gasteiger partial charge on any atom is 0.305 e. The molecule has 1 aromatic carbocycles. The number of fused-ring (bicyclic) bond motifs is 1. The lowest BCUT2D eigenvalue weighted by atomic mass is 10.2. The fraction of sp³-hybridized carbons (Fsp3) is 0.500. The van der Waals surface area contributed by atoms with Gasteiger partial charge in [-0.2, -0.15) is 0 Å². The SMILES string of the molecule is COCC[NH2+][C@@H](C)c1nc2ccccc2c(=O)n1CCCC(=O)OC. The molecule has 136 valence electrons. The van der Waals surface area contributed by atoms with E-state index >= 15 is 0 Å². The number of methoxy groups -OCH3 is 2. The molecule has 2 rings (SSSR count). The molecule has 1 atom stereocenters. The third-order valence-corrected chi connectivity index (χ3v) is 4.13. The first kappa shape index (κ1) is 19.1. The lowest BCUT2D eigenvalue weighted by molar-refractivity contribution is -0.695. The van der Waals surface area contributed by atoms with Gasteiger partial charge in [-0.15, -0.1) is 0 Å². The Morgan fingerprint density at radius 2 is 2.08 bits per heavy atom. The highest BCUT2D eigenvalue weighted by molar-refractivity contribution is 5.77. The number of rotatable bonds is 9. The van der Waals surface area contributed by atoms with Crippen LogP contribution in [0.4, 0.5) is 0 Å². The van der Waals surface area contributed by atoms with E-state index in [1.54, 1.807) is 17.7 Å².